The van der Waals surface area contributed by atoms with Crippen LogP contribution in [0.25, 0.3) is 0 Å². The Morgan fingerprint density at radius 3 is 2.59 bits per heavy atom. The molecule has 3 aromatic rings. The molecule has 1 aliphatic heterocycles. The number of nitrogens with zero attached hydrogens (tertiary/aromatic N) is 5. The average Bonchev–Trinajstić information content (AvgIpc) is 3.21. The summed E-state index contributed by atoms with van der Waals surface area (Å²) in [6, 6.07) is 16.1. The molecule has 9 nitrogen and oxygen atoms in total. The molecule has 1 aromatic heterocycles. The number of carbonyl (C=O) groups is 1. The number of rotatable bonds is 9. The van der Waals surface area contributed by atoms with Gasteiger partial charge in [0.05, 0.1) is 23.3 Å². The van der Waals surface area contributed by atoms with E-state index in [1.54, 1.807) is 19.1 Å². The summed E-state index contributed by atoms with van der Waals surface area (Å²) < 4.78 is 2.09. The predicted octanol–water partition coefficient (Wildman–Crippen LogP) is 4.34. The van der Waals surface area contributed by atoms with Gasteiger partial charge >= 0.3 is 0 Å². The van der Waals surface area contributed by atoms with Gasteiger partial charge in [-0.25, -0.2) is 0 Å². The fourth-order valence-corrected chi connectivity index (χ4v) is 4.79. The second-order valence-corrected chi connectivity index (χ2v) is 9.67. The Kier molecular flexibility index (Phi) is 7.91. The van der Waals surface area contributed by atoms with Crippen LogP contribution in [-0.4, -0.2) is 48.8 Å². The summed E-state index contributed by atoms with van der Waals surface area (Å²) in [5, 5.41) is 22.9. The number of thioether (sulfide) groups is 1. The van der Waals surface area contributed by atoms with Gasteiger partial charge in [-0.3, -0.25) is 19.8 Å². The molecule has 1 aliphatic rings. The molecule has 1 unspecified atom stereocenters. The Morgan fingerprint density at radius 1 is 1.09 bits per heavy atom. The van der Waals surface area contributed by atoms with Gasteiger partial charge < -0.3 is 9.88 Å². The number of piperidine rings is 1. The molecular weight excluding hydrogens is 452 g/mol. The van der Waals surface area contributed by atoms with Crippen molar-refractivity contribution in [1.29, 1.82) is 0 Å². The number of anilines is 1. The molecule has 0 saturated carbocycles. The number of carbonyl (C=O) groups excluding carboxylic acids is 1. The van der Waals surface area contributed by atoms with Gasteiger partial charge in [0.1, 0.15) is 5.82 Å². The van der Waals surface area contributed by atoms with Crippen molar-refractivity contribution in [3.8, 4) is 0 Å². The van der Waals surface area contributed by atoms with E-state index in [-0.39, 0.29) is 11.6 Å². The second kappa shape index (κ2) is 11.3. The third-order valence-electron chi connectivity index (χ3n) is 5.77. The molecule has 2 aromatic carbocycles. The highest BCUT2D eigenvalue weighted by Gasteiger charge is 2.22. The van der Waals surface area contributed by atoms with Crippen LogP contribution in [0.5, 0.6) is 0 Å². The Hall–Kier alpha value is -3.24. The van der Waals surface area contributed by atoms with Gasteiger partial charge in [-0.15, -0.1) is 10.2 Å². The summed E-state index contributed by atoms with van der Waals surface area (Å²) >= 11 is 1.34. The molecule has 2 heterocycles. The molecular formula is C24H28N6O3S. The summed E-state index contributed by atoms with van der Waals surface area (Å²) in [5.74, 6) is 0.636. The van der Waals surface area contributed by atoms with E-state index in [0.717, 1.165) is 31.0 Å². The Labute approximate surface area is 202 Å². The molecule has 1 atom stereocenters. The summed E-state index contributed by atoms with van der Waals surface area (Å²) in [7, 11) is 0. The van der Waals surface area contributed by atoms with Crippen molar-refractivity contribution in [2.75, 3.05) is 18.4 Å². The quantitative estimate of drug-likeness (QED) is 0.276. The van der Waals surface area contributed by atoms with Crippen LogP contribution in [0.4, 0.5) is 11.4 Å². The van der Waals surface area contributed by atoms with Crippen molar-refractivity contribution < 1.29 is 9.72 Å². The minimum atomic E-state index is -0.482. The fraction of sp³-hybridized carbons (Fsp3) is 0.375. The van der Waals surface area contributed by atoms with Crippen molar-refractivity contribution in [1.82, 2.24) is 19.7 Å². The number of likely N-dealkylation sites (tertiary alicyclic amines) is 1. The van der Waals surface area contributed by atoms with Crippen LogP contribution in [0.3, 0.4) is 0 Å². The van der Waals surface area contributed by atoms with Crippen molar-refractivity contribution in [2.45, 2.75) is 49.7 Å². The van der Waals surface area contributed by atoms with Gasteiger partial charge in [-0.1, -0.05) is 54.6 Å². The lowest BCUT2D eigenvalue weighted by molar-refractivity contribution is -0.384. The SMILES string of the molecule is CC(Sc1nnc(CN2CCCCC2)n1Cc1ccccc1)C(=O)Nc1cccc([N+](=O)[O-])c1. The number of hydrogen-bond acceptors (Lipinski definition) is 7. The van der Waals surface area contributed by atoms with Crippen LogP contribution in [-0.2, 0) is 17.9 Å². The second-order valence-electron chi connectivity index (χ2n) is 8.36. The van der Waals surface area contributed by atoms with Gasteiger partial charge in [0.25, 0.3) is 5.69 Å². The van der Waals surface area contributed by atoms with Gasteiger partial charge in [0, 0.05) is 17.8 Å². The summed E-state index contributed by atoms with van der Waals surface area (Å²) in [6.45, 7) is 5.27. The number of amides is 1. The molecule has 1 saturated heterocycles. The number of nitro benzene ring substituents is 1. The fourth-order valence-electron chi connectivity index (χ4n) is 3.92. The molecule has 178 valence electrons. The topological polar surface area (TPSA) is 106 Å². The third-order valence-corrected chi connectivity index (χ3v) is 6.85. The van der Waals surface area contributed by atoms with Gasteiger partial charge in [-0.2, -0.15) is 0 Å². The van der Waals surface area contributed by atoms with Gasteiger partial charge in [-0.05, 0) is 44.5 Å². The molecule has 0 spiro atoms. The highest BCUT2D eigenvalue weighted by molar-refractivity contribution is 8.00. The maximum atomic E-state index is 12.8. The van der Waals surface area contributed by atoms with Crippen LogP contribution in [0, 0.1) is 10.1 Å². The average molecular weight is 481 g/mol. The lowest BCUT2D eigenvalue weighted by Crippen LogP contribution is -2.30. The van der Waals surface area contributed by atoms with Crippen LogP contribution < -0.4 is 5.32 Å². The first-order valence-corrected chi connectivity index (χ1v) is 12.3. The summed E-state index contributed by atoms with van der Waals surface area (Å²) in [4.78, 5) is 25.8. The zero-order valence-electron chi connectivity index (χ0n) is 19.1. The maximum Gasteiger partial charge on any atom is 0.271 e. The number of non-ortho nitro benzene ring substituents is 1. The van der Waals surface area contributed by atoms with E-state index in [4.69, 9.17) is 0 Å². The van der Waals surface area contributed by atoms with Gasteiger partial charge in [0.15, 0.2) is 5.16 Å². The van der Waals surface area contributed by atoms with E-state index in [1.807, 2.05) is 18.2 Å². The van der Waals surface area contributed by atoms with E-state index in [1.165, 1.54) is 43.2 Å². The normalized spacial score (nSPS) is 15.1. The molecule has 4 rings (SSSR count). The standard InChI is InChI=1S/C24H28N6O3S/c1-18(23(31)25-20-11-8-12-21(15-20)30(32)33)34-24-27-26-22(17-28-13-6-3-7-14-28)29(24)16-19-9-4-2-5-10-19/h2,4-5,8-12,15,18H,3,6-7,13-14,16-17H2,1H3,(H,25,31). The van der Waals surface area contributed by atoms with Crippen LogP contribution in [0.2, 0.25) is 0 Å². The number of nitro groups is 1. The lowest BCUT2D eigenvalue weighted by atomic mass is 10.1. The van der Waals surface area contributed by atoms with Gasteiger partial charge in [0.2, 0.25) is 5.91 Å². The van der Waals surface area contributed by atoms with E-state index < -0.39 is 10.2 Å². The van der Waals surface area contributed by atoms with Crippen LogP contribution in [0.1, 0.15) is 37.6 Å². The van der Waals surface area contributed by atoms with E-state index in [9.17, 15) is 14.9 Å². The maximum absolute atomic E-state index is 12.8. The highest BCUT2D eigenvalue weighted by atomic mass is 32.2. The monoisotopic (exact) mass is 480 g/mol. The molecule has 1 amide bonds. The van der Waals surface area contributed by atoms with Crippen molar-refractivity contribution in [2.24, 2.45) is 0 Å². The van der Waals surface area contributed by atoms with Crippen LogP contribution in [0.15, 0.2) is 59.8 Å². The van der Waals surface area contributed by atoms with Crippen LogP contribution >= 0.6 is 11.8 Å². The first-order valence-electron chi connectivity index (χ1n) is 11.4. The zero-order valence-corrected chi connectivity index (χ0v) is 19.9. The molecule has 0 aliphatic carbocycles. The molecule has 34 heavy (non-hydrogen) atoms. The Balaban J connectivity index is 1.49. The Bertz CT molecular complexity index is 1130. The number of nitrogens with one attached hydrogen (secondary N) is 1. The summed E-state index contributed by atoms with van der Waals surface area (Å²) in [6.07, 6.45) is 3.66. The molecule has 0 bridgehead atoms. The van der Waals surface area contributed by atoms with E-state index in [0.29, 0.717) is 17.4 Å². The number of hydrogen-bond donors (Lipinski definition) is 1. The number of aromatic nitrogens is 3. The largest absolute Gasteiger partial charge is 0.325 e. The first kappa shape index (κ1) is 23.9. The molecule has 10 heteroatoms. The number of benzene rings is 2. The molecule has 0 radical (unpaired) electrons. The smallest absolute Gasteiger partial charge is 0.271 e. The highest BCUT2D eigenvalue weighted by Crippen LogP contribution is 2.26. The van der Waals surface area contributed by atoms with E-state index in [2.05, 4.69) is 37.1 Å². The minimum absolute atomic E-state index is 0.0666. The molecule has 1 N–H and O–H groups in total. The van der Waals surface area contributed by atoms with Crippen molar-refractivity contribution in [3.05, 3.63) is 76.1 Å². The first-order chi connectivity index (χ1) is 16.5. The van der Waals surface area contributed by atoms with Crippen molar-refractivity contribution >= 4 is 29.0 Å². The van der Waals surface area contributed by atoms with Crippen molar-refractivity contribution in [3.63, 3.8) is 0 Å². The van der Waals surface area contributed by atoms with E-state index >= 15 is 0 Å². The zero-order chi connectivity index (χ0) is 23.9. The Morgan fingerprint density at radius 2 is 1.85 bits per heavy atom. The predicted molar refractivity (Wildman–Crippen MR) is 132 cm³/mol. The summed E-state index contributed by atoms with van der Waals surface area (Å²) in [5.41, 5.74) is 1.46. The lowest BCUT2D eigenvalue weighted by Gasteiger charge is -2.26. The third kappa shape index (κ3) is 6.21. The molecule has 1 fully saturated rings. The minimum Gasteiger partial charge on any atom is -0.325 e.